The van der Waals surface area contributed by atoms with Gasteiger partial charge in [0.25, 0.3) is 0 Å². The fourth-order valence-corrected chi connectivity index (χ4v) is 2.40. The summed E-state index contributed by atoms with van der Waals surface area (Å²) in [6.45, 7) is 14.3. The molecular formula is C20H39N. The van der Waals surface area contributed by atoms with Gasteiger partial charge in [-0.1, -0.05) is 85.0 Å². The van der Waals surface area contributed by atoms with Gasteiger partial charge in [-0.15, -0.1) is 0 Å². The van der Waals surface area contributed by atoms with Gasteiger partial charge in [0.1, 0.15) is 0 Å². The van der Waals surface area contributed by atoms with Crippen LogP contribution in [0.4, 0.5) is 0 Å². The molecule has 0 aliphatic carbocycles. The molecule has 0 bridgehead atoms. The van der Waals surface area contributed by atoms with Gasteiger partial charge in [-0.25, -0.2) is 0 Å². The van der Waals surface area contributed by atoms with E-state index in [0.717, 1.165) is 18.9 Å². The molecule has 0 saturated carbocycles. The maximum atomic E-state index is 4.21. The van der Waals surface area contributed by atoms with Crippen molar-refractivity contribution in [2.45, 2.75) is 79.1 Å². The molecular weight excluding hydrogens is 254 g/mol. The van der Waals surface area contributed by atoms with Gasteiger partial charge in [0.15, 0.2) is 0 Å². The van der Waals surface area contributed by atoms with Crippen molar-refractivity contribution >= 4 is 0 Å². The largest absolute Gasteiger partial charge is 0.375 e. The summed E-state index contributed by atoms with van der Waals surface area (Å²) in [5, 5.41) is 0. The van der Waals surface area contributed by atoms with Gasteiger partial charge in [-0.05, 0) is 24.7 Å². The van der Waals surface area contributed by atoms with Gasteiger partial charge in [-0.3, -0.25) is 0 Å². The standard InChI is InChI=1S/C20H39N/c1-18(2)14-11-9-7-8-10-12-16-20(5)21(6)17-13-15-19(3)4/h13,15,18-19H,5,7-12,14,16-17H2,1-4,6H3/b15-13+. The molecule has 0 amide bonds. The summed E-state index contributed by atoms with van der Waals surface area (Å²) in [5.74, 6) is 1.51. The van der Waals surface area contributed by atoms with E-state index in [-0.39, 0.29) is 0 Å². The predicted octanol–water partition coefficient (Wildman–Crippen LogP) is 6.42. The highest BCUT2D eigenvalue weighted by molar-refractivity contribution is 4.97. The molecule has 0 spiro atoms. The monoisotopic (exact) mass is 293 g/mol. The first-order valence-corrected chi connectivity index (χ1v) is 8.99. The maximum absolute atomic E-state index is 4.21. The van der Waals surface area contributed by atoms with E-state index in [1.165, 1.54) is 50.6 Å². The normalized spacial score (nSPS) is 11.8. The molecule has 0 saturated heterocycles. The minimum atomic E-state index is 0.641. The van der Waals surface area contributed by atoms with Gasteiger partial charge < -0.3 is 4.90 Å². The molecule has 0 radical (unpaired) electrons. The van der Waals surface area contributed by atoms with Crippen LogP contribution in [-0.4, -0.2) is 18.5 Å². The van der Waals surface area contributed by atoms with Crippen LogP contribution in [0.3, 0.4) is 0 Å². The van der Waals surface area contributed by atoms with Crippen molar-refractivity contribution in [1.82, 2.24) is 4.90 Å². The number of nitrogens with zero attached hydrogens (tertiary/aromatic N) is 1. The molecule has 124 valence electrons. The topological polar surface area (TPSA) is 3.24 Å². The molecule has 0 fully saturated rings. The molecule has 0 atom stereocenters. The molecule has 21 heavy (non-hydrogen) atoms. The molecule has 0 aliphatic rings. The summed E-state index contributed by atoms with van der Waals surface area (Å²) in [6.07, 6.45) is 15.3. The predicted molar refractivity (Wildman–Crippen MR) is 97.5 cm³/mol. The van der Waals surface area contributed by atoms with Crippen molar-refractivity contribution in [3.05, 3.63) is 24.4 Å². The second kappa shape index (κ2) is 13.0. The Morgan fingerprint density at radius 3 is 2.10 bits per heavy atom. The first kappa shape index (κ1) is 20.3. The van der Waals surface area contributed by atoms with Crippen LogP contribution in [0.5, 0.6) is 0 Å². The Bertz CT molecular complexity index is 276. The molecule has 0 N–H and O–H groups in total. The lowest BCUT2D eigenvalue weighted by Crippen LogP contribution is -2.17. The third-order valence-electron chi connectivity index (χ3n) is 3.94. The molecule has 0 aromatic heterocycles. The van der Waals surface area contributed by atoms with Crippen LogP contribution >= 0.6 is 0 Å². The van der Waals surface area contributed by atoms with E-state index in [1.807, 2.05) is 0 Å². The maximum Gasteiger partial charge on any atom is 0.0353 e. The Balaban J connectivity index is 3.48. The van der Waals surface area contributed by atoms with E-state index in [1.54, 1.807) is 0 Å². The summed E-state index contributed by atoms with van der Waals surface area (Å²) in [4.78, 5) is 2.28. The van der Waals surface area contributed by atoms with Crippen LogP contribution in [0.25, 0.3) is 0 Å². The summed E-state index contributed by atoms with van der Waals surface area (Å²) in [7, 11) is 2.15. The van der Waals surface area contributed by atoms with Crippen LogP contribution < -0.4 is 0 Å². The number of hydrogen-bond acceptors (Lipinski definition) is 1. The van der Waals surface area contributed by atoms with Gasteiger partial charge in [0, 0.05) is 19.3 Å². The van der Waals surface area contributed by atoms with Crippen LogP contribution in [0.1, 0.15) is 79.1 Å². The highest BCUT2D eigenvalue weighted by Crippen LogP contribution is 2.14. The Morgan fingerprint density at radius 2 is 1.52 bits per heavy atom. The van der Waals surface area contributed by atoms with Crippen molar-refractivity contribution < 1.29 is 0 Å². The Hall–Kier alpha value is -0.720. The molecule has 1 heteroatoms. The summed E-state index contributed by atoms with van der Waals surface area (Å²) < 4.78 is 0. The SMILES string of the molecule is C=C(CCCCCCCCC(C)C)N(C)C/C=C/C(C)C. The fourth-order valence-electron chi connectivity index (χ4n) is 2.40. The highest BCUT2D eigenvalue weighted by atomic mass is 15.1. The van der Waals surface area contributed by atoms with Crippen molar-refractivity contribution in [3.63, 3.8) is 0 Å². The van der Waals surface area contributed by atoms with E-state index >= 15 is 0 Å². The van der Waals surface area contributed by atoms with E-state index in [2.05, 4.69) is 58.4 Å². The second-order valence-electron chi connectivity index (χ2n) is 7.17. The lowest BCUT2D eigenvalue weighted by Gasteiger charge is -2.20. The smallest absolute Gasteiger partial charge is 0.0353 e. The van der Waals surface area contributed by atoms with Crippen molar-refractivity contribution in [2.75, 3.05) is 13.6 Å². The Morgan fingerprint density at radius 1 is 0.952 bits per heavy atom. The van der Waals surface area contributed by atoms with Crippen LogP contribution in [0, 0.1) is 11.8 Å². The zero-order valence-electron chi connectivity index (χ0n) is 15.3. The average Bonchev–Trinajstić information content (AvgIpc) is 2.40. The lowest BCUT2D eigenvalue weighted by atomic mass is 10.0. The molecule has 0 unspecified atom stereocenters. The first-order valence-electron chi connectivity index (χ1n) is 8.99. The molecule has 0 aliphatic heterocycles. The van der Waals surface area contributed by atoms with Gasteiger partial charge in [-0.2, -0.15) is 0 Å². The molecule has 0 aromatic rings. The summed E-state index contributed by atoms with van der Waals surface area (Å²) in [5.41, 5.74) is 1.28. The molecule has 0 heterocycles. The minimum Gasteiger partial charge on any atom is -0.375 e. The molecule has 0 aromatic carbocycles. The van der Waals surface area contributed by atoms with Gasteiger partial charge in [0.2, 0.25) is 0 Å². The number of rotatable bonds is 13. The second-order valence-corrected chi connectivity index (χ2v) is 7.17. The lowest BCUT2D eigenvalue weighted by molar-refractivity contribution is 0.434. The van der Waals surface area contributed by atoms with Crippen molar-refractivity contribution in [1.29, 1.82) is 0 Å². The van der Waals surface area contributed by atoms with Crippen LogP contribution in [0.2, 0.25) is 0 Å². The van der Waals surface area contributed by atoms with Crippen molar-refractivity contribution in [2.24, 2.45) is 11.8 Å². The highest BCUT2D eigenvalue weighted by Gasteiger charge is 2.00. The number of hydrogen-bond donors (Lipinski definition) is 0. The average molecular weight is 294 g/mol. The zero-order chi connectivity index (χ0) is 16.1. The molecule has 0 rings (SSSR count). The number of likely N-dealkylation sites (N-methyl/N-ethyl adjacent to an activating group) is 1. The molecule has 1 nitrogen and oxygen atoms in total. The van der Waals surface area contributed by atoms with Crippen molar-refractivity contribution in [3.8, 4) is 0 Å². The Kier molecular flexibility index (Phi) is 12.5. The Labute approximate surface area is 134 Å². The quantitative estimate of drug-likeness (QED) is 0.280. The third kappa shape index (κ3) is 14.0. The number of unbranched alkanes of at least 4 members (excludes halogenated alkanes) is 5. The van der Waals surface area contributed by atoms with Gasteiger partial charge in [0.05, 0.1) is 0 Å². The summed E-state index contributed by atoms with van der Waals surface area (Å²) >= 11 is 0. The van der Waals surface area contributed by atoms with Crippen LogP contribution in [0.15, 0.2) is 24.4 Å². The zero-order valence-corrected chi connectivity index (χ0v) is 15.3. The van der Waals surface area contributed by atoms with E-state index < -0.39 is 0 Å². The van der Waals surface area contributed by atoms with E-state index in [0.29, 0.717) is 5.92 Å². The van der Waals surface area contributed by atoms with Gasteiger partial charge >= 0.3 is 0 Å². The van der Waals surface area contributed by atoms with E-state index in [9.17, 15) is 0 Å². The van der Waals surface area contributed by atoms with Crippen LogP contribution in [-0.2, 0) is 0 Å². The third-order valence-corrected chi connectivity index (χ3v) is 3.94. The fraction of sp³-hybridized carbons (Fsp3) is 0.800. The number of allylic oxidation sites excluding steroid dienone is 2. The van der Waals surface area contributed by atoms with E-state index in [4.69, 9.17) is 0 Å². The minimum absolute atomic E-state index is 0.641. The summed E-state index contributed by atoms with van der Waals surface area (Å²) in [6, 6.07) is 0. The first-order chi connectivity index (χ1) is 9.93.